The lowest BCUT2D eigenvalue weighted by molar-refractivity contribution is -0.385. The summed E-state index contributed by atoms with van der Waals surface area (Å²) in [5.41, 5.74) is 3.32. The van der Waals surface area contributed by atoms with Crippen molar-refractivity contribution in [2.45, 2.75) is 31.8 Å². The molecule has 0 saturated heterocycles. The Kier molecular flexibility index (Phi) is 6.54. The van der Waals surface area contributed by atoms with Crippen LogP contribution in [-0.2, 0) is 13.0 Å². The Bertz CT molecular complexity index is 1400. The fourth-order valence-corrected chi connectivity index (χ4v) is 4.79. The predicted molar refractivity (Wildman–Crippen MR) is 133 cm³/mol. The third-order valence-electron chi connectivity index (χ3n) is 6.44. The largest absolute Gasteiger partial charge is 0.464 e. The Morgan fingerprint density at radius 2 is 2.06 bits per heavy atom. The summed E-state index contributed by atoms with van der Waals surface area (Å²) in [5, 5.41) is 24.0. The second-order valence-corrected chi connectivity index (χ2v) is 8.65. The Morgan fingerprint density at radius 3 is 2.83 bits per heavy atom. The molecule has 0 aliphatic heterocycles. The molecule has 3 heterocycles. The van der Waals surface area contributed by atoms with E-state index in [1.165, 1.54) is 22.4 Å². The molecule has 1 aromatic carbocycles. The number of pyridine rings is 2. The molecule has 5 rings (SSSR count). The summed E-state index contributed by atoms with van der Waals surface area (Å²) >= 11 is 0. The number of nitro groups is 1. The summed E-state index contributed by atoms with van der Waals surface area (Å²) in [7, 11) is 0. The number of nitrogens with zero attached hydrogens (tertiary/aromatic N) is 6. The zero-order valence-electron chi connectivity index (χ0n) is 19.4. The number of para-hydroxylation sites is 2. The van der Waals surface area contributed by atoms with Crippen LogP contribution >= 0.6 is 0 Å². The second-order valence-electron chi connectivity index (χ2n) is 8.65. The summed E-state index contributed by atoms with van der Waals surface area (Å²) in [6, 6.07) is 14.2. The summed E-state index contributed by atoms with van der Waals surface area (Å²) in [6.07, 6.45) is 4.80. The first-order valence-electron chi connectivity index (χ1n) is 11.7. The van der Waals surface area contributed by atoms with E-state index < -0.39 is 11.0 Å². The first-order valence-corrected chi connectivity index (χ1v) is 11.7. The highest BCUT2D eigenvalue weighted by Gasteiger charge is 2.29. The number of aryl methyl sites for hydroxylation is 1. The summed E-state index contributed by atoms with van der Waals surface area (Å²) in [6.45, 7) is 1.37. The van der Waals surface area contributed by atoms with E-state index in [-0.39, 0.29) is 11.7 Å². The minimum atomic E-state index is -1.07. The van der Waals surface area contributed by atoms with Crippen LogP contribution in [0.5, 0.6) is 0 Å². The number of fused-ring (bicyclic) bond motifs is 2. The summed E-state index contributed by atoms with van der Waals surface area (Å²) in [5.74, 6) is 0.973. The highest BCUT2D eigenvalue weighted by atomic mass is 16.6. The smallest absolute Gasteiger partial charge is 0.417 e. The molecule has 0 spiro atoms. The Balaban J connectivity index is 1.42. The van der Waals surface area contributed by atoms with Gasteiger partial charge in [0.25, 0.3) is 5.69 Å². The Morgan fingerprint density at radius 1 is 1.19 bits per heavy atom. The number of hydrogen-bond donors (Lipinski definition) is 2. The number of aromatic nitrogens is 4. The maximum Gasteiger partial charge on any atom is 0.417 e. The molecule has 0 bridgehead atoms. The lowest BCUT2D eigenvalue weighted by Gasteiger charge is -2.34. The van der Waals surface area contributed by atoms with Crippen molar-refractivity contribution < 1.29 is 14.8 Å². The van der Waals surface area contributed by atoms with Gasteiger partial charge in [-0.3, -0.25) is 20.0 Å². The van der Waals surface area contributed by atoms with Gasteiger partial charge in [0.05, 0.1) is 34.2 Å². The molecule has 0 radical (unpaired) electrons. The van der Waals surface area contributed by atoms with Crippen LogP contribution in [0.15, 0.2) is 60.9 Å². The predicted octanol–water partition coefficient (Wildman–Crippen LogP) is 4.25. The Hall–Kier alpha value is -4.38. The molecule has 1 aliphatic carbocycles. The van der Waals surface area contributed by atoms with E-state index in [9.17, 15) is 20.0 Å². The molecule has 0 saturated carbocycles. The van der Waals surface area contributed by atoms with Gasteiger partial charge in [-0.1, -0.05) is 18.2 Å². The molecule has 184 valence electrons. The average molecular weight is 488 g/mol. The molecule has 2 N–H and O–H groups in total. The third kappa shape index (κ3) is 4.73. The molecule has 1 aliphatic rings. The molecule has 36 heavy (non-hydrogen) atoms. The summed E-state index contributed by atoms with van der Waals surface area (Å²) in [4.78, 5) is 38.2. The fraction of sp³-hybridized carbons (Fsp3) is 0.280. The maximum atomic E-state index is 12.2. The van der Waals surface area contributed by atoms with Crippen molar-refractivity contribution in [3.8, 4) is 0 Å². The van der Waals surface area contributed by atoms with E-state index in [1.54, 1.807) is 24.4 Å². The van der Waals surface area contributed by atoms with E-state index in [1.807, 2.05) is 18.2 Å². The van der Waals surface area contributed by atoms with Gasteiger partial charge in [-0.15, -0.1) is 0 Å². The molecule has 0 amide bonds. The maximum absolute atomic E-state index is 12.2. The van der Waals surface area contributed by atoms with Gasteiger partial charge in [-0.05, 0) is 49.1 Å². The van der Waals surface area contributed by atoms with E-state index in [0.717, 1.165) is 25.0 Å². The fourth-order valence-electron chi connectivity index (χ4n) is 4.79. The van der Waals surface area contributed by atoms with E-state index in [4.69, 9.17) is 0 Å². The average Bonchev–Trinajstić information content (AvgIpc) is 3.26. The number of nitrogens with one attached hydrogen (secondary N) is 1. The van der Waals surface area contributed by atoms with Crippen molar-refractivity contribution >= 4 is 28.6 Å². The molecule has 1 unspecified atom stereocenters. The number of carboxylic acid groups (broad SMARTS) is 1. The van der Waals surface area contributed by atoms with Crippen molar-refractivity contribution in [3.05, 3.63) is 88.1 Å². The number of rotatable bonds is 8. The van der Waals surface area contributed by atoms with Crippen LogP contribution in [0.4, 0.5) is 16.3 Å². The lowest BCUT2D eigenvalue weighted by Crippen LogP contribution is -2.36. The molecule has 1 atom stereocenters. The number of benzene rings is 1. The van der Waals surface area contributed by atoms with Gasteiger partial charge in [0, 0.05) is 25.4 Å². The van der Waals surface area contributed by atoms with Gasteiger partial charge in [-0.25, -0.2) is 19.3 Å². The van der Waals surface area contributed by atoms with Crippen LogP contribution < -0.4 is 5.32 Å². The van der Waals surface area contributed by atoms with Crippen LogP contribution in [0.1, 0.15) is 36.0 Å². The zero-order valence-corrected chi connectivity index (χ0v) is 19.4. The molecular formula is C25H25N7O4. The van der Waals surface area contributed by atoms with Crippen LogP contribution in [0, 0.1) is 10.1 Å². The highest BCUT2D eigenvalue weighted by Crippen LogP contribution is 2.34. The first kappa shape index (κ1) is 23.4. The van der Waals surface area contributed by atoms with Crippen LogP contribution in [0.3, 0.4) is 0 Å². The van der Waals surface area contributed by atoms with Crippen molar-refractivity contribution in [1.82, 2.24) is 24.4 Å². The van der Waals surface area contributed by atoms with Crippen molar-refractivity contribution in [2.24, 2.45) is 0 Å². The van der Waals surface area contributed by atoms with Gasteiger partial charge in [0.15, 0.2) is 0 Å². The zero-order chi connectivity index (χ0) is 25.1. The van der Waals surface area contributed by atoms with Gasteiger partial charge in [0.1, 0.15) is 17.8 Å². The Labute approximate surface area is 206 Å². The van der Waals surface area contributed by atoms with E-state index in [2.05, 4.69) is 31.2 Å². The highest BCUT2D eigenvalue weighted by molar-refractivity contribution is 5.86. The minimum absolute atomic E-state index is 0.00336. The quantitative estimate of drug-likeness (QED) is 0.276. The van der Waals surface area contributed by atoms with Crippen LogP contribution in [0.25, 0.3) is 11.0 Å². The molecule has 0 fully saturated rings. The number of anilines is 1. The normalized spacial score (nSPS) is 15.1. The topological polar surface area (TPSA) is 139 Å². The van der Waals surface area contributed by atoms with Crippen molar-refractivity contribution in [3.63, 3.8) is 0 Å². The third-order valence-corrected chi connectivity index (χ3v) is 6.44. The van der Waals surface area contributed by atoms with Gasteiger partial charge >= 0.3 is 6.09 Å². The molecule has 11 heteroatoms. The standard InChI is InChI=1S/C25H25N7O4/c33-25(34)31-20-8-2-1-7-19(20)29-23(31)16-30(21-9-3-5-17-6-4-12-27-24(17)21)14-13-26-22-11-10-18(15-28-22)32(35)36/h1-2,4,6-8,10-12,15,21H,3,5,9,13-14,16H2,(H,26,28)(H,33,34). The number of imidazole rings is 1. The molecule has 4 aromatic rings. The van der Waals surface area contributed by atoms with Crippen LogP contribution in [-0.4, -0.2) is 53.6 Å². The lowest BCUT2D eigenvalue weighted by atomic mass is 9.90. The van der Waals surface area contributed by atoms with Gasteiger partial charge in [-0.2, -0.15) is 0 Å². The number of carbonyl (C=O) groups is 1. The second kappa shape index (κ2) is 10.1. The summed E-state index contributed by atoms with van der Waals surface area (Å²) < 4.78 is 1.25. The molecule has 3 aromatic heterocycles. The van der Waals surface area contributed by atoms with Crippen molar-refractivity contribution in [1.29, 1.82) is 0 Å². The van der Waals surface area contributed by atoms with Crippen molar-refractivity contribution in [2.75, 3.05) is 18.4 Å². The molecule has 11 nitrogen and oxygen atoms in total. The monoisotopic (exact) mass is 487 g/mol. The van der Waals surface area contributed by atoms with Gasteiger partial charge < -0.3 is 10.4 Å². The minimum Gasteiger partial charge on any atom is -0.464 e. The van der Waals surface area contributed by atoms with Gasteiger partial charge in [0.2, 0.25) is 0 Å². The van der Waals surface area contributed by atoms with E-state index >= 15 is 0 Å². The van der Waals surface area contributed by atoms with E-state index in [0.29, 0.717) is 42.3 Å². The number of hydrogen-bond acceptors (Lipinski definition) is 8. The first-order chi connectivity index (χ1) is 17.5. The molecular weight excluding hydrogens is 462 g/mol. The SMILES string of the molecule is O=C(O)n1c(CN(CCNc2ccc([N+](=O)[O-])cn2)C2CCCc3cccnc32)nc2ccccc21. The van der Waals surface area contributed by atoms with Crippen LogP contribution in [0.2, 0.25) is 0 Å².